The molecule has 1 fully saturated rings. The zero-order valence-corrected chi connectivity index (χ0v) is 12.4. The molecule has 0 aliphatic carbocycles. The van der Waals surface area contributed by atoms with E-state index < -0.39 is 0 Å². The number of ether oxygens (including phenoxy) is 1. The molecule has 0 bridgehead atoms. The number of hydrogen-bond acceptors (Lipinski definition) is 3. The molecule has 3 rings (SSSR count). The smallest absolute Gasteiger partial charge is 0.274 e. The third-order valence-electron chi connectivity index (χ3n) is 3.63. The van der Waals surface area contributed by atoms with E-state index in [1.54, 1.807) is 11.2 Å². The topological polar surface area (TPSA) is 58.2 Å². The maximum Gasteiger partial charge on any atom is 0.274 e. The first-order chi connectivity index (χ1) is 10.1. The highest BCUT2D eigenvalue weighted by Crippen LogP contribution is 2.24. The molecule has 5 nitrogen and oxygen atoms in total. The van der Waals surface area contributed by atoms with Gasteiger partial charge >= 0.3 is 0 Å². The summed E-state index contributed by atoms with van der Waals surface area (Å²) in [4.78, 5) is 21.3. The van der Waals surface area contributed by atoms with Crippen molar-refractivity contribution in [2.24, 2.45) is 0 Å². The quantitative estimate of drug-likeness (QED) is 0.928. The van der Waals surface area contributed by atoms with E-state index in [-0.39, 0.29) is 12.0 Å². The van der Waals surface area contributed by atoms with Crippen molar-refractivity contribution in [3.63, 3.8) is 0 Å². The number of nitrogens with zero attached hydrogens (tertiary/aromatic N) is 2. The normalized spacial score (nSPS) is 18.8. The molecule has 0 saturated carbocycles. The number of carbonyl (C=O) groups is 1. The maximum atomic E-state index is 12.5. The molecule has 0 spiro atoms. The fourth-order valence-corrected chi connectivity index (χ4v) is 2.56. The van der Waals surface area contributed by atoms with Crippen LogP contribution in [0.4, 0.5) is 0 Å². The average molecular weight is 306 g/mol. The summed E-state index contributed by atoms with van der Waals surface area (Å²) in [5, 5.41) is 0.689. The monoisotopic (exact) mass is 305 g/mol. The Morgan fingerprint density at radius 3 is 2.86 bits per heavy atom. The van der Waals surface area contributed by atoms with E-state index in [0.717, 1.165) is 11.3 Å². The molecule has 21 heavy (non-hydrogen) atoms. The number of aryl methyl sites for hydroxylation is 1. The lowest BCUT2D eigenvalue weighted by Crippen LogP contribution is -2.42. The standard InChI is InChI=1S/C15H16ClN3O2/c1-10-14(18-9-17-10)15(20)19-6-7-21-13(8-19)11-2-4-12(16)5-3-11/h2-5,9,13H,6-8H2,1H3,(H,17,18). The van der Waals surface area contributed by atoms with Gasteiger partial charge in [0, 0.05) is 17.3 Å². The van der Waals surface area contributed by atoms with Crippen molar-refractivity contribution in [3.05, 3.63) is 52.6 Å². The molecule has 1 amide bonds. The molecule has 1 aliphatic heterocycles. The minimum absolute atomic E-state index is 0.0592. The number of nitrogens with one attached hydrogen (secondary N) is 1. The van der Waals surface area contributed by atoms with Crippen LogP contribution in [-0.2, 0) is 4.74 Å². The van der Waals surface area contributed by atoms with Crippen molar-refractivity contribution in [3.8, 4) is 0 Å². The van der Waals surface area contributed by atoms with Crippen molar-refractivity contribution >= 4 is 17.5 Å². The van der Waals surface area contributed by atoms with Crippen molar-refractivity contribution in [1.29, 1.82) is 0 Å². The Bertz CT molecular complexity index is 639. The van der Waals surface area contributed by atoms with Crippen LogP contribution in [0.25, 0.3) is 0 Å². The van der Waals surface area contributed by atoms with Gasteiger partial charge in [-0.25, -0.2) is 4.98 Å². The molecular formula is C15H16ClN3O2. The van der Waals surface area contributed by atoms with Gasteiger partial charge in [0.25, 0.3) is 5.91 Å². The van der Waals surface area contributed by atoms with Crippen LogP contribution in [0.5, 0.6) is 0 Å². The molecule has 1 aliphatic rings. The van der Waals surface area contributed by atoms with E-state index in [1.165, 1.54) is 0 Å². The van der Waals surface area contributed by atoms with Crippen LogP contribution in [0.3, 0.4) is 0 Å². The molecule has 1 aromatic carbocycles. The Labute approximate surface area is 127 Å². The Balaban J connectivity index is 1.75. The van der Waals surface area contributed by atoms with Crippen LogP contribution in [-0.4, -0.2) is 40.5 Å². The van der Waals surface area contributed by atoms with E-state index in [1.807, 2.05) is 31.2 Å². The Morgan fingerprint density at radius 1 is 1.43 bits per heavy atom. The lowest BCUT2D eigenvalue weighted by Gasteiger charge is -2.33. The summed E-state index contributed by atoms with van der Waals surface area (Å²) < 4.78 is 5.77. The van der Waals surface area contributed by atoms with Crippen LogP contribution in [0.1, 0.15) is 27.8 Å². The van der Waals surface area contributed by atoms with Crippen LogP contribution in [0.15, 0.2) is 30.6 Å². The zero-order chi connectivity index (χ0) is 14.8. The van der Waals surface area contributed by atoms with Gasteiger partial charge in [-0.05, 0) is 24.6 Å². The molecule has 2 aromatic rings. The second kappa shape index (κ2) is 5.87. The van der Waals surface area contributed by atoms with Crippen LogP contribution in [0.2, 0.25) is 5.02 Å². The minimum atomic E-state index is -0.126. The summed E-state index contributed by atoms with van der Waals surface area (Å²) in [7, 11) is 0. The first kappa shape index (κ1) is 14.1. The Hall–Kier alpha value is -1.85. The van der Waals surface area contributed by atoms with Crippen molar-refractivity contribution in [2.75, 3.05) is 19.7 Å². The molecule has 1 saturated heterocycles. The SMILES string of the molecule is Cc1[nH]cnc1C(=O)N1CCOC(c2ccc(Cl)cc2)C1. The Kier molecular flexibility index (Phi) is 3.94. The number of morpholine rings is 1. The summed E-state index contributed by atoms with van der Waals surface area (Å²) in [5.74, 6) is -0.0592. The first-order valence-corrected chi connectivity index (χ1v) is 7.19. The van der Waals surface area contributed by atoms with E-state index in [0.29, 0.717) is 30.4 Å². The number of rotatable bonds is 2. The van der Waals surface area contributed by atoms with Gasteiger partial charge in [0.15, 0.2) is 0 Å². The lowest BCUT2D eigenvalue weighted by molar-refractivity contribution is -0.0230. The number of amides is 1. The average Bonchev–Trinajstić information content (AvgIpc) is 2.93. The molecule has 1 unspecified atom stereocenters. The van der Waals surface area contributed by atoms with Gasteiger partial charge < -0.3 is 14.6 Å². The number of H-pyrrole nitrogens is 1. The highest BCUT2D eigenvalue weighted by molar-refractivity contribution is 6.30. The number of halogens is 1. The summed E-state index contributed by atoms with van der Waals surface area (Å²) in [6.07, 6.45) is 1.42. The molecule has 1 aromatic heterocycles. The summed E-state index contributed by atoms with van der Waals surface area (Å²) in [6.45, 7) is 3.46. The summed E-state index contributed by atoms with van der Waals surface area (Å²) in [6, 6.07) is 7.53. The minimum Gasteiger partial charge on any atom is -0.370 e. The third-order valence-corrected chi connectivity index (χ3v) is 3.88. The van der Waals surface area contributed by atoms with Crippen LogP contribution in [0, 0.1) is 6.92 Å². The van der Waals surface area contributed by atoms with Gasteiger partial charge in [-0.2, -0.15) is 0 Å². The second-order valence-electron chi connectivity index (χ2n) is 5.04. The highest BCUT2D eigenvalue weighted by atomic mass is 35.5. The fourth-order valence-electron chi connectivity index (χ4n) is 2.44. The first-order valence-electron chi connectivity index (χ1n) is 6.81. The molecule has 1 N–H and O–H groups in total. The number of aromatic amines is 1. The van der Waals surface area contributed by atoms with Crippen LogP contribution >= 0.6 is 11.6 Å². The van der Waals surface area contributed by atoms with E-state index in [4.69, 9.17) is 16.3 Å². The predicted molar refractivity (Wildman–Crippen MR) is 79.4 cm³/mol. The zero-order valence-electron chi connectivity index (χ0n) is 11.7. The van der Waals surface area contributed by atoms with Crippen molar-refractivity contribution < 1.29 is 9.53 Å². The lowest BCUT2D eigenvalue weighted by atomic mass is 10.1. The van der Waals surface area contributed by atoms with Gasteiger partial charge in [0.05, 0.1) is 19.5 Å². The maximum absolute atomic E-state index is 12.5. The predicted octanol–water partition coefficient (Wildman–Crippen LogP) is 2.59. The molecule has 2 heterocycles. The van der Waals surface area contributed by atoms with Crippen LogP contribution < -0.4 is 0 Å². The second-order valence-corrected chi connectivity index (χ2v) is 5.47. The Morgan fingerprint density at radius 2 is 2.19 bits per heavy atom. The van der Waals surface area contributed by atoms with Crippen molar-refractivity contribution in [1.82, 2.24) is 14.9 Å². The number of hydrogen-bond donors (Lipinski definition) is 1. The van der Waals surface area contributed by atoms with Crippen molar-refractivity contribution in [2.45, 2.75) is 13.0 Å². The van der Waals surface area contributed by atoms with Gasteiger partial charge in [-0.3, -0.25) is 4.79 Å². The molecule has 6 heteroatoms. The molecular weight excluding hydrogens is 290 g/mol. The van der Waals surface area contributed by atoms with E-state index >= 15 is 0 Å². The van der Waals surface area contributed by atoms with Gasteiger partial charge in [-0.15, -0.1) is 0 Å². The van der Waals surface area contributed by atoms with E-state index in [9.17, 15) is 4.79 Å². The number of imidazole rings is 1. The van der Waals surface area contributed by atoms with Gasteiger partial charge in [0.1, 0.15) is 11.8 Å². The van der Waals surface area contributed by atoms with E-state index in [2.05, 4.69) is 9.97 Å². The summed E-state index contributed by atoms with van der Waals surface area (Å²) >= 11 is 5.90. The van der Waals surface area contributed by atoms with Gasteiger partial charge in [-0.1, -0.05) is 23.7 Å². The molecule has 0 radical (unpaired) electrons. The third kappa shape index (κ3) is 2.94. The number of benzene rings is 1. The number of carbonyl (C=O) groups excluding carboxylic acids is 1. The largest absolute Gasteiger partial charge is 0.370 e. The van der Waals surface area contributed by atoms with Gasteiger partial charge in [0.2, 0.25) is 0 Å². The fraction of sp³-hybridized carbons (Fsp3) is 0.333. The molecule has 110 valence electrons. The number of aromatic nitrogens is 2. The molecule has 1 atom stereocenters. The highest BCUT2D eigenvalue weighted by Gasteiger charge is 2.27. The summed E-state index contributed by atoms with van der Waals surface area (Å²) in [5.41, 5.74) is 2.29.